The molecule has 0 spiro atoms. The molecule has 80 valence electrons. The van der Waals surface area contributed by atoms with Crippen LogP contribution in [0.15, 0.2) is 0 Å². The summed E-state index contributed by atoms with van der Waals surface area (Å²) in [6.07, 6.45) is 4.00. The van der Waals surface area contributed by atoms with Gasteiger partial charge in [-0.05, 0) is 0 Å². The van der Waals surface area contributed by atoms with E-state index in [2.05, 4.69) is 6.92 Å². The van der Waals surface area contributed by atoms with Gasteiger partial charge in [0, 0.05) is 0 Å². The Kier molecular flexibility index (Phi) is 9.45. The summed E-state index contributed by atoms with van der Waals surface area (Å²) in [7, 11) is 0. The molecule has 0 aliphatic carbocycles. The van der Waals surface area contributed by atoms with Crippen LogP contribution in [0.3, 0.4) is 0 Å². The van der Waals surface area contributed by atoms with Crippen LogP contribution in [0.5, 0.6) is 0 Å². The van der Waals surface area contributed by atoms with Gasteiger partial charge in [0.05, 0.1) is 0 Å². The summed E-state index contributed by atoms with van der Waals surface area (Å²) in [5.74, 6) is -0.582. The molecule has 0 N–H and O–H groups in total. The van der Waals surface area contributed by atoms with Crippen LogP contribution in [-0.2, 0) is 14.3 Å². The number of unbranched alkanes of at least 4 members (excludes halogenated alkanes) is 2. The van der Waals surface area contributed by atoms with Gasteiger partial charge in [-0.2, -0.15) is 0 Å². The van der Waals surface area contributed by atoms with Crippen LogP contribution in [0, 0.1) is 0 Å². The van der Waals surface area contributed by atoms with Crippen LogP contribution in [0.4, 0.5) is 0 Å². The van der Waals surface area contributed by atoms with Crippen molar-refractivity contribution in [3.05, 3.63) is 0 Å². The topological polar surface area (TPSA) is 43.4 Å². The average molecular weight is 305 g/mol. The molecule has 3 nitrogen and oxygen atoms in total. The van der Waals surface area contributed by atoms with E-state index in [4.69, 9.17) is 4.74 Å². The average Bonchev–Trinajstić information content (AvgIpc) is 2.18. The van der Waals surface area contributed by atoms with Crippen molar-refractivity contribution in [2.24, 2.45) is 0 Å². The van der Waals surface area contributed by atoms with E-state index in [1.807, 2.05) is 6.92 Å². The Balaban J connectivity index is 3.50. The van der Waals surface area contributed by atoms with Crippen LogP contribution in [-0.4, -0.2) is 37.5 Å². The molecule has 0 aromatic rings. The summed E-state index contributed by atoms with van der Waals surface area (Å²) < 4.78 is 5.58. The summed E-state index contributed by atoms with van der Waals surface area (Å²) in [5.41, 5.74) is 0. The van der Waals surface area contributed by atoms with Crippen LogP contribution < -0.4 is 0 Å². The molecule has 0 aromatic heterocycles. The summed E-state index contributed by atoms with van der Waals surface area (Å²) >= 11 is -1.14. The van der Waals surface area contributed by atoms with Gasteiger partial charge in [0.1, 0.15) is 0 Å². The van der Waals surface area contributed by atoms with Gasteiger partial charge in [-0.25, -0.2) is 0 Å². The Hall–Kier alpha value is -0.0613. The second-order valence-electron chi connectivity index (χ2n) is 3.10. The van der Waals surface area contributed by atoms with Gasteiger partial charge in [-0.15, -0.1) is 0 Å². The van der Waals surface area contributed by atoms with Crippen molar-refractivity contribution in [3.8, 4) is 0 Å². The third-order valence-corrected chi connectivity index (χ3v) is 4.95. The Bertz CT molecular complexity index is 160. The molecular weight excluding hydrogens is 287 g/mol. The number of carbonyl (C=O) groups excluding carboxylic acids is 2. The van der Waals surface area contributed by atoms with Crippen LogP contribution >= 0.6 is 0 Å². The molecular formula is C10H18O3Sn. The number of hydrogen-bond donors (Lipinski definition) is 0. The monoisotopic (exact) mass is 306 g/mol. The Morgan fingerprint density at radius 2 is 1.79 bits per heavy atom. The van der Waals surface area contributed by atoms with Crippen LogP contribution in [0.25, 0.3) is 0 Å². The third-order valence-electron chi connectivity index (χ3n) is 1.73. The second kappa shape index (κ2) is 9.49. The molecule has 0 aromatic carbocycles. The molecule has 0 saturated heterocycles. The van der Waals surface area contributed by atoms with Crippen molar-refractivity contribution in [3.63, 3.8) is 0 Å². The van der Waals surface area contributed by atoms with E-state index in [1.54, 1.807) is 0 Å². The maximum atomic E-state index is 11.2. The molecule has 0 fully saturated rings. The molecule has 0 unspecified atom stereocenters. The van der Waals surface area contributed by atoms with E-state index in [0.29, 0.717) is 6.61 Å². The van der Waals surface area contributed by atoms with Gasteiger partial charge in [-0.3, -0.25) is 0 Å². The third kappa shape index (κ3) is 7.35. The predicted molar refractivity (Wildman–Crippen MR) is 56.3 cm³/mol. The fraction of sp³-hybridized carbons (Fsp3) is 0.800. The van der Waals surface area contributed by atoms with E-state index >= 15 is 0 Å². The number of ether oxygens (including phenoxy) is 1. The molecule has 0 heterocycles. The standard InChI is InChI=1S/C6H9O3.C4H9.Sn/c1-2-3-4-9-6(8)5-7;1-3-4-2;/h2-4H2,1H3;1,3-4H2,2H3;. The normalized spacial score (nSPS) is 9.86. The Morgan fingerprint density at radius 1 is 1.14 bits per heavy atom. The first-order valence-corrected chi connectivity index (χ1v) is 8.61. The van der Waals surface area contributed by atoms with Crippen molar-refractivity contribution >= 4 is 30.9 Å². The fourth-order valence-corrected chi connectivity index (χ4v) is 3.61. The molecule has 2 radical (unpaired) electrons. The number of carbonyl (C=O) groups is 2. The number of rotatable bonds is 8. The molecule has 4 heteroatoms. The Labute approximate surface area is 95.8 Å². The van der Waals surface area contributed by atoms with Gasteiger partial charge < -0.3 is 0 Å². The second-order valence-corrected chi connectivity index (χ2v) is 6.83. The van der Waals surface area contributed by atoms with E-state index in [9.17, 15) is 9.59 Å². The Morgan fingerprint density at radius 3 is 2.36 bits per heavy atom. The molecule has 0 rings (SSSR count). The summed E-state index contributed by atoms with van der Waals surface area (Å²) in [6.45, 7) is 4.51. The van der Waals surface area contributed by atoms with Crippen molar-refractivity contribution in [1.29, 1.82) is 0 Å². The zero-order valence-electron chi connectivity index (χ0n) is 8.97. The molecule has 0 aliphatic heterocycles. The zero-order chi connectivity index (χ0) is 10.8. The van der Waals surface area contributed by atoms with Crippen LogP contribution in [0.1, 0.15) is 39.5 Å². The van der Waals surface area contributed by atoms with Gasteiger partial charge in [0.2, 0.25) is 0 Å². The maximum absolute atomic E-state index is 11.2. The number of esters is 1. The van der Waals surface area contributed by atoms with E-state index in [0.717, 1.165) is 30.1 Å². The van der Waals surface area contributed by atoms with Crippen molar-refractivity contribution in [1.82, 2.24) is 0 Å². The van der Waals surface area contributed by atoms with E-state index < -0.39 is 27.1 Å². The molecule has 0 amide bonds. The van der Waals surface area contributed by atoms with E-state index in [1.165, 1.54) is 0 Å². The van der Waals surface area contributed by atoms with Gasteiger partial charge in [0.15, 0.2) is 0 Å². The predicted octanol–water partition coefficient (Wildman–Crippen LogP) is 1.78. The van der Waals surface area contributed by atoms with Crippen molar-refractivity contribution < 1.29 is 14.3 Å². The van der Waals surface area contributed by atoms with Gasteiger partial charge >= 0.3 is 95.8 Å². The first-order chi connectivity index (χ1) is 6.72. The molecule has 14 heavy (non-hydrogen) atoms. The minimum absolute atomic E-state index is 0.210. The fourth-order valence-electron chi connectivity index (χ4n) is 0.826. The molecule has 0 saturated carbocycles. The summed E-state index contributed by atoms with van der Waals surface area (Å²) in [4.78, 5) is 22.3. The quantitative estimate of drug-likeness (QED) is 0.297. The molecule has 0 bridgehead atoms. The first kappa shape index (κ1) is 13.9. The van der Waals surface area contributed by atoms with Gasteiger partial charge in [-0.1, -0.05) is 0 Å². The van der Waals surface area contributed by atoms with Crippen molar-refractivity contribution in [2.75, 3.05) is 6.61 Å². The first-order valence-electron chi connectivity index (χ1n) is 5.17. The SMILES string of the molecule is CCCCOC(=O)[C](=O)[Sn][CH2]CCC. The van der Waals surface area contributed by atoms with Crippen molar-refractivity contribution in [2.45, 2.75) is 44.0 Å². The summed E-state index contributed by atoms with van der Waals surface area (Å²) in [6, 6.07) is 0. The minimum atomic E-state index is -1.14. The van der Waals surface area contributed by atoms with Crippen LogP contribution in [0.2, 0.25) is 4.44 Å². The number of hydrogen-bond acceptors (Lipinski definition) is 3. The zero-order valence-corrected chi connectivity index (χ0v) is 11.8. The molecule has 0 aliphatic rings. The van der Waals surface area contributed by atoms with E-state index in [-0.39, 0.29) is 3.80 Å². The van der Waals surface area contributed by atoms with Gasteiger partial charge in [0.25, 0.3) is 0 Å². The summed E-state index contributed by atoms with van der Waals surface area (Å²) in [5, 5.41) is 0. The molecule has 0 atom stereocenters.